The maximum atomic E-state index is 7.16. The first-order chi connectivity index (χ1) is 29.1. The lowest BCUT2D eigenvalue weighted by Crippen LogP contribution is -2.72. The Morgan fingerprint density at radius 2 is 1.42 bits per heavy atom. The van der Waals surface area contributed by atoms with Gasteiger partial charge in [0.2, 0.25) is 5.69 Å². The molecule has 12 rings (SSSR count). The summed E-state index contributed by atoms with van der Waals surface area (Å²) in [4.78, 5) is 0. The average Bonchev–Trinajstić information content (AvgIpc) is 3.96. The minimum atomic E-state index is -1.85. The molecular formula is C55H47N3OSi+2. The Kier molecular flexibility index (Phi) is 7.36. The van der Waals surface area contributed by atoms with Crippen molar-refractivity contribution < 1.29 is 13.6 Å². The molecule has 290 valence electrons. The molecule has 1 spiro atoms. The van der Waals surface area contributed by atoms with E-state index in [2.05, 4.69) is 212 Å². The molecule has 60 heavy (non-hydrogen) atoms. The van der Waals surface area contributed by atoms with Crippen molar-refractivity contribution in [1.29, 1.82) is 0 Å². The van der Waals surface area contributed by atoms with Gasteiger partial charge >= 0.3 is 11.5 Å². The average molecular weight is 794 g/mol. The third kappa shape index (κ3) is 4.67. The summed E-state index contributed by atoms with van der Waals surface area (Å²) in [7, 11) is -1.85. The summed E-state index contributed by atoms with van der Waals surface area (Å²) < 4.78 is 15.1. The third-order valence-corrected chi connectivity index (χ3v) is 15.3. The molecule has 2 aliphatic rings. The predicted molar refractivity (Wildman–Crippen MR) is 249 cm³/mol. The van der Waals surface area contributed by atoms with E-state index >= 15 is 0 Å². The van der Waals surface area contributed by atoms with Crippen LogP contribution in [-0.4, -0.2) is 12.6 Å². The van der Waals surface area contributed by atoms with Crippen LogP contribution in [0.2, 0.25) is 19.6 Å². The number of aryl methyl sites for hydroxylation is 1. The molecule has 5 heteroatoms. The van der Waals surface area contributed by atoms with E-state index in [1.807, 2.05) is 0 Å². The van der Waals surface area contributed by atoms with Gasteiger partial charge in [-0.1, -0.05) is 136 Å². The number of hydrogen-bond acceptors (Lipinski definition) is 1. The van der Waals surface area contributed by atoms with Crippen LogP contribution in [0.1, 0.15) is 36.1 Å². The van der Waals surface area contributed by atoms with Gasteiger partial charge in [-0.05, 0) is 84.3 Å². The monoisotopic (exact) mass is 793 g/mol. The van der Waals surface area contributed by atoms with Gasteiger partial charge in [0.15, 0.2) is 22.8 Å². The van der Waals surface area contributed by atoms with Crippen LogP contribution in [0.5, 0.6) is 0 Å². The van der Waals surface area contributed by atoms with E-state index in [-0.39, 0.29) is 0 Å². The fourth-order valence-electron chi connectivity index (χ4n) is 10.9. The highest BCUT2D eigenvalue weighted by atomic mass is 28.3. The van der Waals surface area contributed by atoms with Gasteiger partial charge in [0, 0.05) is 33.0 Å². The first-order valence-corrected chi connectivity index (χ1v) is 24.9. The molecule has 0 fully saturated rings. The smallest absolute Gasteiger partial charge is 0.364 e. The second-order valence-electron chi connectivity index (χ2n) is 18.5. The Morgan fingerprint density at radius 3 is 2.23 bits per heavy atom. The van der Waals surface area contributed by atoms with Gasteiger partial charge in [-0.3, -0.25) is 0 Å². The van der Waals surface area contributed by atoms with E-state index in [0.29, 0.717) is 5.92 Å². The summed E-state index contributed by atoms with van der Waals surface area (Å²) in [6.45, 7) is 14.5. The minimum Gasteiger partial charge on any atom is -0.455 e. The van der Waals surface area contributed by atoms with Crippen molar-refractivity contribution in [2.45, 2.75) is 52.5 Å². The Bertz CT molecular complexity index is 3440. The van der Waals surface area contributed by atoms with Gasteiger partial charge in [-0.25, -0.2) is 0 Å². The predicted octanol–water partition coefficient (Wildman–Crippen LogP) is 12.2. The standard InChI is InChI=1S/C55H47N3OSi/c1-34(2)30-38-32-48-43-26-24-35(3)31-45(43)55(56(48)33-50(38)60(4,5)6)44-29-28-42-41-20-12-15-23-49(41)59-53(42)51(44)54-57(46-21-13-14-22-47(46)58(54)55)52-39-19-11-10-18-37(39)25-27-40(52)36-16-8-7-9-17-36/h7-29,31-34H,30H2,1-6H3/q+2. The van der Waals surface area contributed by atoms with Crippen LogP contribution in [0.15, 0.2) is 162 Å². The lowest BCUT2D eigenvalue weighted by atomic mass is 9.88. The van der Waals surface area contributed by atoms with Crippen LogP contribution in [0.3, 0.4) is 0 Å². The van der Waals surface area contributed by atoms with Crippen LogP contribution in [-0.2, 0) is 12.1 Å². The highest BCUT2D eigenvalue weighted by molar-refractivity contribution is 6.89. The highest BCUT2D eigenvalue weighted by Crippen LogP contribution is 2.53. The number of furan rings is 1. The molecule has 7 aromatic carbocycles. The van der Waals surface area contributed by atoms with Gasteiger partial charge in [0.05, 0.1) is 24.8 Å². The van der Waals surface area contributed by atoms with E-state index in [4.69, 9.17) is 4.42 Å². The van der Waals surface area contributed by atoms with Crippen molar-refractivity contribution in [1.82, 2.24) is 4.57 Å². The number of aromatic nitrogens is 3. The maximum absolute atomic E-state index is 7.16. The van der Waals surface area contributed by atoms with Crippen LogP contribution >= 0.6 is 0 Å². The number of fused-ring (bicyclic) bond motifs is 17. The summed E-state index contributed by atoms with van der Waals surface area (Å²) in [6.07, 6.45) is 3.64. The molecule has 0 amide bonds. The van der Waals surface area contributed by atoms with Crippen molar-refractivity contribution in [3.8, 4) is 39.5 Å². The fourth-order valence-corrected chi connectivity index (χ4v) is 12.5. The first-order valence-electron chi connectivity index (χ1n) is 21.4. The van der Waals surface area contributed by atoms with E-state index in [9.17, 15) is 0 Å². The van der Waals surface area contributed by atoms with E-state index in [1.165, 1.54) is 71.8 Å². The molecule has 10 aromatic rings. The van der Waals surface area contributed by atoms with E-state index in [1.54, 1.807) is 0 Å². The molecule has 1 unspecified atom stereocenters. The summed E-state index contributed by atoms with van der Waals surface area (Å²) in [5.74, 6) is 1.67. The number of para-hydroxylation sites is 3. The zero-order valence-electron chi connectivity index (χ0n) is 35.0. The van der Waals surface area contributed by atoms with Crippen molar-refractivity contribution >= 4 is 57.0 Å². The highest BCUT2D eigenvalue weighted by Gasteiger charge is 2.67. The third-order valence-electron chi connectivity index (χ3n) is 13.3. The molecule has 0 N–H and O–H groups in total. The zero-order valence-corrected chi connectivity index (χ0v) is 36.0. The maximum Gasteiger partial charge on any atom is 0.364 e. The molecule has 0 saturated heterocycles. The Morgan fingerprint density at radius 1 is 0.683 bits per heavy atom. The number of imidazole rings is 1. The first kappa shape index (κ1) is 35.4. The van der Waals surface area contributed by atoms with Crippen LogP contribution in [0, 0.1) is 12.8 Å². The van der Waals surface area contributed by atoms with Gasteiger partial charge < -0.3 is 4.42 Å². The van der Waals surface area contributed by atoms with Crippen molar-refractivity contribution in [3.05, 3.63) is 180 Å². The second-order valence-corrected chi connectivity index (χ2v) is 23.6. The topological polar surface area (TPSA) is 25.8 Å². The lowest BCUT2D eigenvalue weighted by Gasteiger charge is -2.24. The summed E-state index contributed by atoms with van der Waals surface area (Å²) in [5, 5.41) is 6.20. The van der Waals surface area contributed by atoms with E-state index < -0.39 is 13.7 Å². The SMILES string of the molecule is Cc1ccc2c(c1)C1(c3ccc4c(oc5ccccc54)c3-c3n(-c4c(-c5ccccc5)ccc5ccccc45)c4ccccc4[n+]31)[n+]1cc([Si](C)(C)C)c(CC(C)C)cc1-2. The largest absolute Gasteiger partial charge is 0.455 e. The molecule has 2 aliphatic heterocycles. The van der Waals surface area contributed by atoms with Crippen molar-refractivity contribution in [3.63, 3.8) is 0 Å². The number of hydrogen-bond donors (Lipinski definition) is 0. The lowest BCUT2D eigenvalue weighted by molar-refractivity contribution is -0.944. The van der Waals surface area contributed by atoms with Gasteiger partial charge in [0.1, 0.15) is 16.8 Å². The minimum absolute atomic E-state index is 0.544. The molecule has 1 atom stereocenters. The second kappa shape index (κ2) is 12.5. The molecule has 4 nitrogen and oxygen atoms in total. The van der Waals surface area contributed by atoms with Crippen molar-refractivity contribution in [2.24, 2.45) is 5.92 Å². The molecule has 5 heterocycles. The normalized spacial score (nSPS) is 15.4. The van der Waals surface area contributed by atoms with E-state index in [0.717, 1.165) is 45.3 Å². The fraction of sp³-hybridized carbons (Fsp3) is 0.164. The van der Waals surface area contributed by atoms with Gasteiger partial charge in [0.25, 0.3) is 0 Å². The molecule has 0 bridgehead atoms. The van der Waals surface area contributed by atoms with Crippen LogP contribution < -0.4 is 14.3 Å². The molecule has 0 radical (unpaired) electrons. The Labute approximate surface area is 351 Å². The van der Waals surface area contributed by atoms with Crippen LogP contribution in [0.4, 0.5) is 0 Å². The van der Waals surface area contributed by atoms with Crippen LogP contribution in [0.25, 0.3) is 83.2 Å². The van der Waals surface area contributed by atoms with Gasteiger partial charge in [-0.2, -0.15) is 4.57 Å². The number of pyridine rings is 1. The summed E-state index contributed by atoms with van der Waals surface area (Å²) >= 11 is 0. The molecule has 3 aromatic heterocycles. The number of benzene rings is 7. The number of nitrogens with zero attached hydrogens (tertiary/aromatic N) is 3. The van der Waals surface area contributed by atoms with Crippen molar-refractivity contribution in [2.75, 3.05) is 0 Å². The quantitative estimate of drug-likeness (QED) is 0.126. The van der Waals surface area contributed by atoms with Gasteiger partial charge in [-0.15, -0.1) is 9.13 Å². The Hall–Kier alpha value is -6.56. The summed E-state index contributed by atoms with van der Waals surface area (Å²) in [5.41, 5.74) is 15.9. The molecular weight excluding hydrogens is 747 g/mol. The summed E-state index contributed by atoms with van der Waals surface area (Å²) in [6, 6.07) is 56.4. The number of rotatable bonds is 5. The Balaban J connectivity index is 1.34. The molecule has 0 saturated carbocycles. The molecule has 0 aliphatic carbocycles. The zero-order chi connectivity index (χ0) is 40.7.